The van der Waals surface area contributed by atoms with Gasteiger partial charge < -0.3 is 4.90 Å². The van der Waals surface area contributed by atoms with Gasteiger partial charge in [-0.3, -0.25) is 14.8 Å². The highest BCUT2D eigenvalue weighted by Crippen LogP contribution is 2.42. The molecule has 7 rings (SSSR count). The van der Waals surface area contributed by atoms with Gasteiger partial charge in [-0.15, -0.1) is 11.3 Å². The molecule has 0 saturated heterocycles. The van der Waals surface area contributed by atoms with Crippen molar-refractivity contribution in [2.45, 2.75) is 24.0 Å². The Labute approximate surface area is 277 Å². The van der Waals surface area contributed by atoms with E-state index >= 15 is 0 Å². The molecule has 0 N–H and O–H groups in total. The predicted molar refractivity (Wildman–Crippen MR) is 184 cm³/mol. The molecule has 0 unspecified atom stereocenters. The Kier molecular flexibility index (Phi) is 8.54. The molecule has 8 nitrogen and oxygen atoms in total. The van der Waals surface area contributed by atoms with Crippen molar-refractivity contribution >= 4 is 44.6 Å². The van der Waals surface area contributed by atoms with Gasteiger partial charge in [-0.25, -0.2) is 13.4 Å². The third-order valence-electron chi connectivity index (χ3n) is 7.99. The molecule has 1 amide bonds. The van der Waals surface area contributed by atoms with Crippen LogP contribution in [0.25, 0.3) is 11.6 Å². The molecular formula is C37H29N5O3S2. The molecule has 0 radical (unpaired) electrons. The minimum atomic E-state index is -4.17. The van der Waals surface area contributed by atoms with Gasteiger partial charge in [-0.2, -0.15) is 4.31 Å². The molecule has 1 aliphatic heterocycles. The van der Waals surface area contributed by atoms with Gasteiger partial charge in [-0.1, -0.05) is 72.8 Å². The van der Waals surface area contributed by atoms with Crippen LogP contribution in [0.3, 0.4) is 0 Å². The van der Waals surface area contributed by atoms with Gasteiger partial charge in [0.2, 0.25) is 10.0 Å². The number of anilines is 1. The van der Waals surface area contributed by atoms with Gasteiger partial charge >= 0.3 is 0 Å². The van der Waals surface area contributed by atoms with Gasteiger partial charge in [-0.05, 0) is 58.7 Å². The Balaban J connectivity index is 1.38. The largest absolute Gasteiger partial charge is 0.303 e. The zero-order valence-corrected chi connectivity index (χ0v) is 26.8. The summed E-state index contributed by atoms with van der Waals surface area (Å²) in [5, 5.41) is 2.49. The number of rotatable bonds is 10. The Morgan fingerprint density at radius 1 is 0.787 bits per heavy atom. The van der Waals surface area contributed by atoms with E-state index in [2.05, 4.69) is 15.0 Å². The van der Waals surface area contributed by atoms with Crippen LogP contribution in [0.15, 0.2) is 144 Å². The van der Waals surface area contributed by atoms with E-state index in [1.807, 2.05) is 84.2 Å². The predicted octanol–water partition coefficient (Wildman–Crippen LogP) is 7.00. The molecule has 6 aromatic rings. The van der Waals surface area contributed by atoms with E-state index < -0.39 is 16.1 Å². The van der Waals surface area contributed by atoms with Crippen LogP contribution >= 0.6 is 11.3 Å². The van der Waals surface area contributed by atoms with E-state index in [0.717, 1.165) is 22.3 Å². The number of thiazole rings is 1. The molecule has 0 fully saturated rings. The number of hydrogen-bond acceptors (Lipinski definition) is 7. The molecule has 1 aliphatic rings. The third kappa shape index (κ3) is 6.26. The van der Waals surface area contributed by atoms with E-state index in [-0.39, 0.29) is 23.9 Å². The Hall–Kier alpha value is -5.29. The minimum Gasteiger partial charge on any atom is -0.303 e. The van der Waals surface area contributed by atoms with Gasteiger partial charge in [0.1, 0.15) is 5.01 Å². The zero-order valence-electron chi connectivity index (χ0n) is 25.1. The third-order valence-corrected chi connectivity index (χ3v) is 10.5. The summed E-state index contributed by atoms with van der Waals surface area (Å²) >= 11 is 1.41. The van der Waals surface area contributed by atoms with E-state index in [1.165, 1.54) is 15.6 Å². The number of hydrogen-bond donors (Lipinski definition) is 0. The summed E-state index contributed by atoms with van der Waals surface area (Å²) in [7, 11) is -4.17. The summed E-state index contributed by atoms with van der Waals surface area (Å²) in [6.07, 6.45) is 10.2. The Morgan fingerprint density at radius 3 is 2.04 bits per heavy atom. The van der Waals surface area contributed by atoms with Crippen LogP contribution in [0.1, 0.15) is 38.9 Å². The average molecular weight is 656 g/mol. The smallest absolute Gasteiger partial charge is 0.259 e. The first-order valence-electron chi connectivity index (χ1n) is 15.0. The zero-order chi connectivity index (χ0) is 32.2. The van der Waals surface area contributed by atoms with Crippen LogP contribution in [-0.4, -0.2) is 33.6 Å². The summed E-state index contributed by atoms with van der Waals surface area (Å²) < 4.78 is 31.5. The lowest BCUT2D eigenvalue weighted by atomic mass is 9.98. The van der Waals surface area contributed by atoms with Gasteiger partial charge in [0.25, 0.3) is 5.91 Å². The highest BCUT2D eigenvalue weighted by Gasteiger charge is 2.38. The fourth-order valence-corrected chi connectivity index (χ4v) is 8.00. The van der Waals surface area contributed by atoms with Crippen molar-refractivity contribution in [3.05, 3.63) is 172 Å². The molecule has 0 atom stereocenters. The minimum absolute atomic E-state index is 0.0790. The van der Waals surface area contributed by atoms with E-state index in [9.17, 15) is 13.2 Å². The lowest BCUT2D eigenvalue weighted by molar-refractivity contribution is -0.113. The molecular weight excluding hydrogens is 627 g/mol. The van der Waals surface area contributed by atoms with Crippen LogP contribution in [0.4, 0.5) is 5.69 Å². The summed E-state index contributed by atoms with van der Waals surface area (Å²) in [4.78, 5) is 28.5. The number of sulfonamides is 1. The quantitative estimate of drug-likeness (QED) is 0.148. The molecule has 3 aromatic heterocycles. The number of benzene rings is 3. The molecule has 47 heavy (non-hydrogen) atoms. The number of fused-ring (bicyclic) bond motifs is 1. The average Bonchev–Trinajstić information content (AvgIpc) is 3.72. The van der Waals surface area contributed by atoms with E-state index in [0.29, 0.717) is 21.8 Å². The maximum atomic E-state index is 15.0. The first-order chi connectivity index (χ1) is 23.0. The summed E-state index contributed by atoms with van der Waals surface area (Å²) in [6, 6.07) is 30.9. The molecule has 0 saturated carbocycles. The SMILES string of the molecule is O=C1/C(=C/c2nccs2)c2cc(S(=O)(=O)N(Cc3cccnc3)C(c3ccccc3)c3ccccc3)ccc2N1Cc1cccnc1. The number of aromatic nitrogens is 3. The fraction of sp³-hybridized carbons (Fsp3) is 0.0811. The van der Waals surface area contributed by atoms with Crippen LogP contribution in [0.5, 0.6) is 0 Å². The van der Waals surface area contributed by atoms with Crippen LogP contribution in [0.2, 0.25) is 0 Å². The Morgan fingerprint density at radius 2 is 1.45 bits per heavy atom. The van der Waals surface area contributed by atoms with Crippen molar-refractivity contribution < 1.29 is 13.2 Å². The standard InChI is InChI=1S/C37H29N5O3S2/c43-37-33(22-35-40-19-20-46-35)32-21-31(15-16-34(32)41(37)25-27-9-7-17-38-23-27)47(44,45)42(26-28-10-8-18-39-24-28)36(29-11-3-1-4-12-29)30-13-5-2-6-14-30/h1-24,36H,25-26H2/b33-22+. The topological polar surface area (TPSA) is 96.4 Å². The van der Waals surface area contributed by atoms with Gasteiger partial charge in [0.15, 0.2) is 0 Å². The second-order valence-corrected chi connectivity index (χ2v) is 13.8. The summed E-state index contributed by atoms with van der Waals surface area (Å²) in [5.74, 6) is -0.229. The normalized spacial score (nSPS) is 13.9. The second kappa shape index (κ2) is 13.2. The maximum absolute atomic E-state index is 15.0. The number of nitrogens with zero attached hydrogens (tertiary/aromatic N) is 5. The number of pyridine rings is 2. The van der Waals surface area contributed by atoms with Crippen LogP contribution < -0.4 is 4.90 Å². The van der Waals surface area contributed by atoms with Crippen molar-refractivity contribution in [1.82, 2.24) is 19.3 Å². The Bertz CT molecular complexity index is 2090. The number of carbonyl (C=O) groups excluding carboxylic acids is 1. The van der Waals surface area contributed by atoms with Crippen LogP contribution in [-0.2, 0) is 27.9 Å². The summed E-state index contributed by atoms with van der Waals surface area (Å²) in [5.41, 5.74) is 4.81. The molecule has 3 aromatic carbocycles. The molecule has 4 heterocycles. The second-order valence-electron chi connectivity index (χ2n) is 11.0. The highest BCUT2D eigenvalue weighted by molar-refractivity contribution is 7.89. The van der Waals surface area contributed by atoms with Crippen molar-refractivity contribution in [3.63, 3.8) is 0 Å². The lowest BCUT2D eigenvalue weighted by Gasteiger charge is -2.32. The van der Waals surface area contributed by atoms with E-state index in [4.69, 9.17) is 0 Å². The van der Waals surface area contributed by atoms with Crippen LogP contribution in [0, 0.1) is 0 Å². The number of carbonyl (C=O) groups is 1. The number of amides is 1. The van der Waals surface area contributed by atoms with Crippen molar-refractivity contribution in [2.24, 2.45) is 0 Å². The first kappa shape index (κ1) is 30.4. The molecule has 232 valence electrons. The maximum Gasteiger partial charge on any atom is 0.259 e. The van der Waals surface area contributed by atoms with Crippen molar-refractivity contribution in [3.8, 4) is 0 Å². The molecule has 0 spiro atoms. The highest BCUT2D eigenvalue weighted by atomic mass is 32.2. The van der Waals surface area contributed by atoms with Crippen molar-refractivity contribution in [1.29, 1.82) is 0 Å². The fourth-order valence-electron chi connectivity index (χ4n) is 5.81. The molecule has 10 heteroatoms. The first-order valence-corrected chi connectivity index (χ1v) is 17.3. The summed E-state index contributed by atoms with van der Waals surface area (Å²) in [6.45, 7) is 0.369. The van der Waals surface area contributed by atoms with Gasteiger partial charge in [0.05, 0.1) is 28.7 Å². The van der Waals surface area contributed by atoms with Gasteiger partial charge in [0, 0.05) is 48.5 Å². The van der Waals surface area contributed by atoms with Crippen molar-refractivity contribution in [2.75, 3.05) is 4.90 Å². The molecule has 0 aliphatic carbocycles. The lowest BCUT2D eigenvalue weighted by Crippen LogP contribution is -2.35. The monoisotopic (exact) mass is 655 g/mol. The molecule has 0 bridgehead atoms. The van der Waals surface area contributed by atoms with E-state index in [1.54, 1.807) is 66.2 Å².